The SMILES string of the molecule is COC(=O)[C@@H](CCCCl)[C@@H](N)c1ccccc1. The number of methoxy groups -OCH3 is 1. The molecule has 0 radical (unpaired) electrons. The van der Waals surface area contributed by atoms with Gasteiger partial charge in [-0.05, 0) is 18.4 Å². The summed E-state index contributed by atoms with van der Waals surface area (Å²) in [5, 5.41) is 0. The van der Waals surface area contributed by atoms with Gasteiger partial charge in [0, 0.05) is 11.9 Å². The van der Waals surface area contributed by atoms with Crippen LogP contribution in [0, 0.1) is 5.92 Å². The maximum atomic E-state index is 11.7. The molecule has 0 amide bonds. The van der Waals surface area contributed by atoms with Crippen LogP contribution in [-0.4, -0.2) is 19.0 Å². The second-order valence-electron chi connectivity index (χ2n) is 3.90. The second-order valence-corrected chi connectivity index (χ2v) is 4.28. The van der Waals surface area contributed by atoms with Crippen molar-refractivity contribution < 1.29 is 9.53 Å². The van der Waals surface area contributed by atoms with Crippen LogP contribution in [0.25, 0.3) is 0 Å². The number of hydrogen-bond acceptors (Lipinski definition) is 3. The molecule has 0 unspecified atom stereocenters. The molecule has 17 heavy (non-hydrogen) atoms. The molecule has 4 heteroatoms. The summed E-state index contributed by atoms with van der Waals surface area (Å²) in [4.78, 5) is 11.7. The summed E-state index contributed by atoms with van der Waals surface area (Å²) < 4.78 is 4.79. The molecule has 0 bridgehead atoms. The van der Waals surface area contributed by atoms with E-state index in [0.717, 1.165) is 12.0 Å². The molecule has 94 valence electrons. The van der Waals surface area contributed by atoms with Crippen molar-refractivity contribution in [3.63, 3.8) is 0 Å². The third kappa shape index (κ3) is 4.02. The molecule has 0 aliphatic carbocycles. The van der Waals surface area contributed by atoms with E-state index in [2.05, 4.69) is 0 Å². The summed E-state index contributed by atoms with van der Waals surface area (Å²) in [5.41, 5.74) is 7.05. The fraction of sp³-hybridized carbons (Fsp3) is 0.462. The quantitative estimate of drug-likeness (QED) is 0.628. The molecule has 2 atom stereocenters. The Morgan fingerprint density at radius 3 is 2.59 bits per heavy atom. The van der Waals surface area contributed by atoms with Crippen molar-refractivity contribution in [3.05, 3.63) is 35.9 Å². The maximum absolute atomic E-state index is 11.7. The fourth-order valence-electron chi connectivity index (χ4n) is 1.80. The molecule has 0 fully saturated rings. The van der Waals surface area contributed by atoms with Crippen molar-refractivity contribution in [2.75, 3.05) is 13.0 Å². The first-order chi connectivity index (χ1) is 8.20. The van der Waals surface area contributed by atoms with Crippen molar-refractivity contribution in [3.8, 4) is 0 Å². The third-order valence-corrected chi connectivity index (χ3v) is 3.04. The summed E-state index contributed by atoms with van der Waals surface area (Å²) in [6.07, 6.45) is 1.40. The molecule has 0 spiro atoms. The average Bonchev–Trinajstić information content (AvgIpc) is 2.39. The van der Waals surface area contributed by atoms with Crippen LogP contribution in [0.1, 0.15) is 24.4 Å². The molecule has 1 aromatic rings. The number of carbonyl (C=O) groups is 1. The molecule has 0 aliphatic rings. The monoisotopic (exact) mass is 255 g/mol. The molecule has 3 nitrogen and oxygen atoms in total. The number of halogens is 1. The van der Waals surface area contributed by atoms with Gasteiger partial charge < -0.3 is 10.5 Å². The van der Waals surface area contributed by atoms with Gasteiger partial charge in [-0.2, -0.15) is 0 Å². The molecule has 0 aliphatic heterocycles. The Morgan fingerprint density at radius 1 is 1.41 bits per heavy atom. The van der Waals surface area contributed by atoms with Crippen molar-refractivity contribution >= 4 is 17.6 Å². The molecule has 0 saturated heterocycles. The van der Waals surface area contributed by atoms with Gasteiger partial charge in [0.15, 0.2) is 0 Å². The highest BCUT2D eigenvalue weighted by Crippen LogP contribution is 2.24. The normalized spacial score (nSPS) is 14.1. The van der Waals surface area contributed by atoms with E-state index in [9.17, 15) is 4.79 Å². The predicted octanol–water partition coefficient (Wildman–Crippen LogP) is 2.49. The summed E-state index contributed by atoms with van der Waals surface area (Å²) in [6.45, 7) is 0. The Bertz CT molecular complexity index is 343. The zero-order valence-corrected chi connectivity index (χ0v) is 10.7. The number of rotatable bonds is 6. The molecule has 1 rings (SSSR count). The zero-order chi connectivity index (χ0) is 12.7. The Kier molecular flexibility index (Phi) is 6.01. The smallest absolute Gasteiger partial charge is 0.310 e. The molecule has 2 N–H and O–H groups in total. The summed E-state index contributed by atoms with van der Waals surface area (Å²) in [5.74, 6) is -0.0812. The first-order valence-corrected chi connectivity index (χ1v) is 6.18. The lowest BCUT2D eigenvalue weighted by molar-refractivity contribution is -0.146. The first kappa shape index (κ1) is 14.0. The highest BCUT2D eigenvalue weighted by molar-refractivity contribution is 6.17. The molecular weight excluding hydrogens is 238 g/mol. The highest BCUT2D eigenvalue weighted by Gasteiger charge is 2.26. The molecule has 0 heterocycles. The van der Waals surface area contributed by atoms with Crippen molar-refractivity contribution in [2.24, 2.45) is 11.7 Å². The van der Waals surface area contributed by atoms with E-state index in [1.807, 2.05) is 30.3 Å². The van der Waals surface area contributed by atoms with Crippen LogP contribution in [0.2, 0.25) is 0 Å². The van der Waals surface area contributed by atoms with E-state index in [4.69, 9.17) is 22.1 Å². The Labute approximate surface area is 107 Å². The molecular formula is C13H18ClNO2. The van der Waals surface area contributed by atoms with Crippen LogP contribution in [-0.2, 0) is 9.53 Å². The standard InChI is InChI=1S/C13H18ClNO2/c1-17-13(16)11(8-5-9-14)12(15)10-6-3-2-4-7-10/h2-4,6-7,11-12H,5,8-9,15H2,1H3/t11-,12-/m0/s1. The van der Waals surface area contributed by atoms with E-state index in [1.165, 1.54) is 7.11 Å². The van der Waals surface area contributed by atoms with Gasteiger partial charge in [-0.25, -0.2) is 0 Å². The van der Waals surface area contributed by atoms with Crippen molar-refractivity contribution in [2.45, 2.75) is 18.9 Å². The van der Waals surface area contributed by atoms with E-state index < -0.39 is 0 Å². The lowest BCUT2D eigenvalue weighted by Gasteiger charge is -2.21. The zero-order valence-electron chi connectivity index (χ0n) is 9.93. The first-order valence-electron chi connectivity index (χ1n) is 5.65. The number of carbonyl (C=O) groups excluding carboxylic acids is 1. The maximum Gasteiger partial charge on any atom is 0.310 e. The summed E-state index contributed by atoms with van der Waals surface area (Å²) in [7, 11) is 1.38. The van der Waals surface area contributed by atoms with E-state index in [0.29, 0.717) is 12.3 Å². The van der Waals surface area contributed by atoms with Crippen LogP contribution >= 0.6 is 11.6 Å². The predicted molar refractivity (Wildman–Crippen MR) is 68.8 cm³/mol. The highest BCUT2D eigenvalue weighted by atomic mass is 35.5. The van der Waals surface area contributed by atoms with Gasteiger partial charge in [-0.1, -0.05) is 30.3 Å². The van der Waals surface area contributed by atoms with Gasteiger partial charge in [-0.3, -0.25) is 4.79 Å². The number of benzene rings is 1. The van der Waals surface area contributed by atoms with Gasteiger partial charge in [0.05, 0.1) is 13.0 Å². The lowest BCUT2D eigenvalue weighted by atomic mass is 9.90. The summed E-state index contributed by atoms with van der Waals surface area (Å²) in [6, 6.07) is 9.23. The van der Waals surface area contributed by atoms with Gasteiger partial charge in [0.25, 0.3) is 0 Å². The molecule has 0 aromatic heterocycles. The minimum absolute atomic E-state index is 0.272. The van der Waals surface area contributed by atoms with E-state index in [-0.39, 0.29) is 17.9 Å². The summed E-state index contributed by atoms with van der Waals surface area (Å²) >= 11 is 5.65. The largest absolute Gasteiger partial charge is 0.469 e. The van der Waals surface area contributed by atoms with E-state index >= 15 is 0 Å². The lowest BCUT2D eigenvalue weighted by Crippen LogP contribution is -2.29. The Balaban J connectivity index is 2.78. The van der Waals surface area contributed by atoms with Gasteiger partial charge >= 0.3 is 5.97 Å². The van der Waals surface area contributed by atoms with Crippen LogP contribution < -0.4 is 5.73 Å². The number of nitrogens with two attached hydrogens (primary N) is 1. The Hall–Kier alpha value is -1.06. The van der Waals surface area contributed by atoms with Crippen LogP contribution in [0.5, 0.6) is 0 Å². The number of esters is 1. The van der Waals surface area contributed by atoms with Gasteiger partial charge in [0.1, 0.15) is 0 Å². The average molecular weight is 256 g/mol. The number of alkyl halides is 1. The van der Waals surface area contributed by atoms with Crippen LogP contribution in [0.3, 0.4) is 0 Å². The van der Waals surface area contributed by atoms with Crippen LogP contribution in [0.15, 0.2) is 30.3 Å². The van der Waals surface area contributed by atoms with Crippen LogP contribution in [0.4, 0.5) is 0 Å². The van der Waals surface area contributed by atoms with Crippen molar-refractivity contribution in [1.82, 2.24) is 0 Å². The third-order valence-electron chi connectivity index (χ3n) is 2.77. The topological polar surface area (TPSA) is 52.3 Å². The van der Waals surface area contributed by atoms with E-state index in [1.54, 1.807) is 0 Å². The van der Waals surface area contributed by atoms with Crippen molar-refractivity contribution in [1.29, 1.82) is 0 Å². The fourth-order valence-corrected chi connectivity index (χ4v) is 1.95. The number of hydrogen-bond donors (Lipinski definition) is 1. The minimum atomic E-state index is -0.341. The minimum Gasteiger partial charge on any atom is -0.469 e. The molecule has 1 aromatic carbocycles. The molecule has 0 saturated carbocycles. The Morgan fingerprint density at radius 2 is 2.06 bits per heavy atom. The van der Waals surface area contributed by atoms with Gasteiger partial charge in [-0.15, -0.1) is 11.6 Å². The van der Waals surface area contributed by atoms with Gasteiger partial charge in [0.2, 0.25) is 0 Å². The second kappa shape index (κ2) is 7.30. The number of ether oxygens (including phenoxy) is 1.